The lowest BCUT2D eigenvalue weighted by Gasteiger charge is -2.61. The highest BCUT2D eigenvalue weighted by Gasteiger charge is 2.60. The van der Waals surface area contributed by atoms with Crippen molar-refractivity contribution in [1.29, 1.82) is 0 Å². The molecule has 324 valence electrons. The fourth-order valence-electron chi connectivity index (χ4n) is 12.8. The first-order valence-corrected chi connectivity index (χ1v) is 22.3. The summed E-state index contributed by atoms with van der Waals surface area (Å²) in [5.74, 6) is 1.36. The van der Waals surface area contributed by atoms with Crippen molar-refractivity contribution in [2.24, 2.45) is 46.3 Å². The number of hydrogen-bond acceptors (Lipinski definition) is 9. The number of aliphatic hydroxyl groups excluding tert-OH is 1. The summed E-state index contributed by atoms with van der Waals surface area (Å²) in [6.07, 6.45) is 12.7. The smallest absolute Gasteiger partial charge is 0.317 e. The maximum atomic E-state index is 13.3. The van der Waals surface area contributed by atoms with Crippen molar-refractivity contribution in [3.05, 3.63) is 29.8 Å². The van der Waals surface area contributed by atoms with Gasteiger partial charge in [-0.05, 0) is 135 Å². The number of carbonyl (C=O) groups excluding carboxylic acids is 1. The van der Waals surface area contributed by atoms with Crippen molar-refractivity contribution in [3.63, 3.8) is 0 Å². The fraction of sp³-hybridized carbons (Fsp3) is 0.778. The van der Waals surface area contributed by atoms with Crippen molar-refractivity contribution in [1.82, 2.24) is 20.0 Å². The van der Waals surface area contributed by atoms with Gasteiger partial charge in [-0.1, -0.05) is 32.9 Å². The number of carboxylic acids is 3. The molecule has 1 aromatic rings. The van der Waals surface area contributed by atoms with Crippen molar-refractivity contribution in [3.8, 4) is 0 Å². The largest absolute Gasteiger partial charge is 0.480 e. The number of anilines is 1. The number of nitrogens with one attached hydrogen (secondary N) is 2. The monoisotopic (exact) mass is 810 g/mol. The third-order valence-corrected chi connectivity index (χ3v) is 15.9. The third-order valence-electron chi connectivity index (χ3n) is 15.9. The normalized spacial score (nSPS) is 33.3. The minimum Gasteiger partial charge on any atom is -0.480 e. The van der Waals surface area contributed by atoms with Gasteiger partial charge in [0.15, 0.2) is 0 Å². The molecule has 4 saturated carbocycles. The van der Waals surface area contributed by atoms with E-state index in [0.717, 1.165) is 48.3 Å². The van der Waals surface area contributed by atoms with Crippen LogP contribution in [-0.2, 0) is 25.6 Å². The second-order valence-corrected chi connectivity index (χ2v) is 19.4. The number of nitrogens with zero attached hydrogens (tertiary/aromatic N) is 3. The molecule has 5 aliphatic rings. The van der Waals surface area contributed by atoms with Crippen LogP contribution in [0.2, 0.25) is 0 Å². The van der Waals surface area contributed by atoms with E-state index in [4.69, 9.17) is 0 Å². The van der Waals surface area contributed by atoms with Crippen LogP contribution >= 0.6 is 0 Å². The molecule has 1 aliphatic heterocycles. The molecular formula is C45H71N5O8. The number of fused-ring (bicyclic) bond motifs is 5. The van der Waals surface area contributed by atoms with Crippen LogP contribution in [0.25, 0.3) is 0 Å². The molecule has 4 aliphatic carbocycles. The molecule has 1 aromatic carbocycles. The predicted molar refractivity (Wildman–Crippen MR) is 222 cm³/mol. The zero-order valence-corrected chi connectivity index (χ0v) is 35.2. The Balaban J connectivity index is 1.000. The average Bonchev–Trinajstić information content (AvgIpc) is 3.56. The molecule has 58 heavy (non-hydrogen) atoms. The summed E-state index contributed by atoms with van der Waals surface area (Å²) in [6, 6.07) is 7.51. The molecule has 6 N–H and O–H groups in total. The lowest BCUT2D eigenvalue weighted by Crippen LogP contribution is -2.54. The van der Waals surface area contributed by atoms with Crippen LogP contribution in [0.15, 0.2) is 24.3 Å². The van der Waals surface area contributed by atoms with E-state index < -0.39 is 17.9 Å². The standard InChI is InChI=1S/C45H71N5O8/c1-30(37-11-12-38-36-10-7-32-25-35(51)14-16-44(32,2)39(36)15-17-45(37,38)3)4-13-40(52)47-33-8-5-31(6-9-33)24-34(46-26-41(53)54)27-48-18-20-49(28-42(55)56)22-23-50(21-19-48)29-43(57)58/h5-6,8-9,30,32,34-39,46,51H,4,7,10-29H2,1-3H3,(H,47,52)(H,53,54)(H,55,56)(H,57,58)/t30?,32?,34?,35-,36?,37-,38?,39?,44+,45-/m1/s1. The van der Waals surface area contributed by atoms with E-state index >= 15 is 0 Å². The van der Waals surface area contributed by atoms with Crippen molar-refractivity contribution < 1.29 is 39.6 Å². The highest BCUT2D eigenvalue weighted by atomic mass is 16.4. The predicted octanol–water partition coefficient (Wildman–Crippen LogP) is 4.74. The zero-order valence-electron chi connectivity index (χ0n) is 35.2. The molecule has 6 rings (SSSR count). The van der Waals surface area contributed by atoms with E-state index in [1.807, 2.05) is 34.1 Å². The van der Waals surface area contributed by atoms with Gasteiger partial charge >= 0.3 is 17.9 Å². The summed E-state index contributed by atoms with van der Waals surface area (Å²) >= 11 is 0. The number of carbonyl (C=O) groups is 4. The maximum absolute atomic E-state index is 13.3. The Morgan fingerprint density at radius 2 is 1.36 bits per heavy atom. The Morgan fingerprint density at radius 1 is 0.759 bits per heavy atom. The van der Waals surface area contributed by atoms with Crippen molar-refractivity contribution in [2.75, 3.05) is 70.8 Å². The van der Waals surface area contributed by atoms with E-state index in [1.165, 1.54) is 44.9 Å². The number of aliphatic hydroxyl groups is 1. The molecule has 0 aromatic heterocycles. The Bertz CT molecular complexity index is 1550. The fourth-order valence-corrected chi connectivity index (χ4v) is 12.8. The van der Waals surface area contributed by atoms with Gasteiger partial charge in [0.25, 0.3) is 0 Å². The third kappa shape index (κ3) is 11.0. The van der Waals surface area contributed by atoms with E-state index in [1.54, 1.807) is 0 Å². The number of hydrogen-bond donors (Lipinski definition) is 6. The van der Waals surface area contributed by atoms with Gasteiger partial charge in [-0.2, -0.15) is 0 Å². The molecule has 13 heteroatoms. The summed E-state index contributed by atoms with van der Waals surface area (Å²) < 4.78 is 0. The van der Waals surface area contributed by atoms with Gasteiger partial charge in [0.1, 0.15) is 0 Å². The molecule has 10 atom stereocenters. The van der Waals surface area contributed by atoms with Gasteiger partial charge in [0.05, 0.1) is 25.7 Å². The van der Waals surface area contributed by atoms with Gasteiger partial charge in [-0.3, -0.25) is 33.9 Å². The zero-order chi connectivity index (χ0) is 41.6. The van der Waals surface area contributed by atoms with Crippen LogP contribution in [0.5, 0.6) is 0 Å². The number of aliphatic carboxylic acids is 3. The first-order valence-electron chi connectivity index (χ1n) is 22.3. The minimum atomic E-state index is -0.963. The lowest BCUT2D eigenvalue weighted by molar-refractivity contribution is -0.140. The van der Waals surface area contributed by atoms with Gasteiger partial charge in [0.2, 0.25) is 5.91 Å². The second-order valence-electron chi connectivity index (χ2n) is 19.4. The quantitative estimate of drug-likeness (QED) is 0.135. The first-order chi connectivity index (χ1) is 27.6. The van der Waals surface area contributed by atoms with E-state index in [0.29, 0.717) is 87.2 Å². The average molecular weight is 810 g/mol. The van der Waals surface area contributed by atoms with Crippen LogP contribution in [0, 0.1) is 46.3 Å². The molecular weight excluding hydrogens is 739 g/mol. The van der Waals surface area contributed by atoms with Crippen LogP contribution in [0.1, 0.15) is 97.0 Å². The highest BCUT2D eigenvalue weighted by molar-refractivity contribution is 5.90. The number of rotatable bonds is 16. The van der Waals surface area contributed by atoms with E-state index in [-0.39, 0.29) is 37.7 Å². The Labute approximate surface area is 345 Å². The molecule has 0 radical (unpaired) electrons. The molecule has 6 unspecified atom stereocenters. The van der Waals surface area contributed by atoms with E-state index in [9.17, 15) is 39.6 Å². The molecule has 1 heterocycles. The molecule has 0 spiro atoms. The highest BCUT2D eigenvalue weighted by Crippen LogP contribution is 2.68. The Kier molecular flexibility index (Phi) is 15.0. The number of amides is 1. The summed E-state index contributed by atoms with van der Waals surface area (Å²) in [7, 11) is 0. The minimum absolute atomic E-state index is 0.0247. The first kappa shape index (κ1) is 44.5. The summed E-state index contributed by atoms with van der Waals surface area (Å²) in [5, 5.41) is 45.0. The number of carboxylic acid groups (broad SMARTS) is 3. The molecule has 5 fully saturated rings. The summed E-state index contributed by atoms with van der Waals surface area (Å²) in [4.78, 5) is 53.6. The van der Waals surface area contributed by atoms with Crippen LogP contribution < -0.4 is 10.6 Å². The van der Waals surface area contributed by atoms with Crippen LogP contribution in [0.4, 0.5) is 5.69 Å². The maximum Gasteiger partial charge on any atom is 0.317 e. The van der Waals surface area contributed by atoms with Gasteiger partial charge < -0.3 is 31.1 Å². The lowest BCUT2D eigenvalue weighted by atomic mass is 9.44. The van der Waals surface area contributed by atoms with Gasteiger partial charge in [-0.25, -0.2) is 0 Å². The SMILES string of the molecule is CC(CCC(=O)Nc1ccc(CC(CN2CCN(CC(=O)O)CCN(CC(=O)O)CC2)NCC(=O)O)cc1)[C@H]1CCC2C3CCC4C[C@H](O)CC[C@]4(C)C3CC[C@@]21C. The van der Waals surface area contributed by atoms with Crippen LogP contribution in [0.3, 0.4) is 0 Å². The van der Waals surface area contributed by atoms with Crippen molar-refractivity contribution in [2.45, 2.75) is 110 Å². The van der Waals surface area contributed by atoms with E-state index in [2.05, 4.69) is 36.3 Å². The number of benzene rings is 1. The molecule has 0 bridgehead atoms. The topological polar surface area (TPSA) is 183 Å². The van der Waals surface area contributed by atoms with Gasteiger partial charge in [0, 0.05) is 64.0 Å². The molecule has 1 saturated heterocycles. The second kappa shape index (κ2) is 19.5. The molecule has 1 amide bonds. The van der Waals surface area contributed by atoms with Crippen LogP contribution in [-0.4, -0.2) is 137 Å². The molecule has 13 nitrogen and oxygen atoms in total. The van der Waals surface area contributed by atoms with Gasteiger partial charge in [-0.15, -0.1) is 0 Å². The Hall–Kier alpha value is -3.10. The summed E-state index contributed by atoms with van der Waals surface area (Å²) in [6.45, 7) is 10.6. The Morgan fingerprint density at radius 3 is 1.98 bits per heavy atom. The summed E-state index contributed by atoms with van der Waals surface area (Å²) in [5.41, 5.74) is 2.45. The van der Waals surface area contributed by atoms with Crippen molar-refractivity contribution >= 4 is 29.5 Å².